The van der Waals surface area contributed by atoms with E-state index < -0.39 is 0 Å². The normalized spacial score (nSPS) is 11.0. The molecule has 0 atom stereocenters. The SMILES string of the molecule is c1ccc(-c2cccc(N(c3ccc4ccccc4c3)c3ccc4ccccc4c3)c2)nc1. The summed E-state index contributed by atoms with van der Waals surface area (Å²) < 4.78 is 0. The monoisotopic (exact) mass is 422 g/mol. The first-order chi connectivity index (χ1) is 16.3. The van der Waals surface area contributed by atoms with Gasteiger partial charge in [0.15, 0.2) is 0 Å². The van der Waals surface area contributed by atoms with E-state index >= 15 is 0 Å². The van der Waals surface area contributed by atoms with Crippen LogP contribution in [0.3, 0.4) is 0 Å². The van der Waals surface area contributed by atoms with Gasteiger partial charge in [-0.15, -0.1) is 0 Å². The van der Waals surface area contributed by atoms with Crippen LogP contribution in [0.1, 0.15) is 0 Å². The second kappa shape index (κ2) is 8.25. The maximum atomic E-state index is 4.56. The van der Waals surface area contributed by atoms with Crippen LogP contribution in [0.4, 0.5) is 17.1 Å². The summed E-state index contributed by atoms with van der Waals surface area (Å²) in [6.07, 6.45) is 1.84. The van der Waals surface area contributed by atoms with Gasteiger partial charge in [0.25, 0.3) is 0 Å². The summed E-state index contributed by atoms with van der Waals surface area (Å²) in [4.78, 5) is 6.88. The molecule has 0 amide bonds. The summed E-state index contributed by atoms with van der Waals surface area (Å²) >= 11 is 0. The maximum absolute atomic E-state index is 4.56. The molecule has 33 heavy (non-hydrogen) atoms. The summed E-state index contributed by atoms with van der Waals surface area (Å²) in [6, 6.07) is 44.9. The number of hydrogen-bond donors (Lipinski definition) is 0. The van der Waals surface area contributed by atoms with Crippen LogP contribution in [0.2, 0.25) is 0 Å². The number of nitrogens with zero attached hydrogens (tertiary/aromatic N) is 2. The van der Waals surface area contributed by atoms with E-state index in [4.69, 9.17) is 0 Å². The molecule has 0 spiro atoms. The molecule has 5 aromatic carbocycles. The van der Waals surface area contributed by atoms with E-state index in [1.807, 2.05) is 18.3 Å². The van der Waals surface area contributed by atoms with E-state index in [0.717, 1.165) is 28.3 Å². The highest BCUT2D eigenvalue weighted by Gasteiger charge is 2.14. The first-order valence-electron chi connectivity index (χ1n) is 11.1. The van der Waals surface area contributed by atoms with E-state index in [9.17, 15) is 0 Å². The fourth-order valence-electron chi connectivity index (χ4n) is 4.42. The van der Waals surface area contributed by atoms with Crippen molar-refractivity contribution in [1.29, 1.82) is 0 Å². The zero-order chi connectivity index (χ0) is 22.0. The lowest BCUT2D eigenvalue weighted by atomic mass is 10.1. The molecule has 0 unspecified atom stereocenters. The van der Waals surface area contributed by atoms with Crippen LogP contribution in [0.15, 0.2) is 134 Å². The second-order valence-corrected chi connectivity index (χ2v) is 8.16. The largest absolute Gasteiger partial charge is 0.310 e. The number of aromatic nitrogens is 1. The van der Waals surface area contributed by atoms with Crippen LogP contribution in [-0.4, -0.2) is 4.98 Å². The van der Waals surface area contributed by atoms with E-state index in [-0.39, 0.29) is 0 Å². The average molecular weight is 423 g/mol. The van der Waals surface area contributed by atoms with Crippen LogP contribution in [0, 0.1) is 0 Å². The molecule has 0 radical (unpaired) electrons. The van der Waals surface area contributed by atoms with Gasteiger partial charge in [0.2, 0.25) is 0 Å². The number of rotatable bonds is 4. The molecule has 0 saturated carbocycles. The summed E-state index contributed by atoms with van der Waals surface area (Å²) in [5.41, 5.74) is 5.42. The molecule has 0 saturated heterocycles. The molecular formula is C31H22N2. The Hall–Kier alpha value is -4.43. The Morgan fingerprint density at radius 2 is 1.00 bits per heavy atom. The van der Waals surface area contributed by atoms with Gasteiger partial charge in [0, 0.05) is 28.8 Å². The van der Waals surface area contributed by atoms with Crippen molar-refractivity contribution in [3.05, 3.63) is 134 Å². The van der Waals surface area contributed by atoms with Crippen LogP contribution < -0.4 is 4.90 Å². The number of pyridine rings is 1. The van der Waals surface area contributed by atoms with E-state index in [0.29, 0.717) is 0 Å². The van der Waals surface area contributed by atoms with Gasteiger partial charge in [-0.25, -0.2) is 0 Å². The molecule has 2 nitrogen and oxygen atoms in total. The Labute approximate surface area is 193 Å². The Kier molecular flexibility index (Phi) is 4.82. The summed E-state index contributed by atoms with van der Waals surface area (Å²) in [7, 11) is 0. The van der Waals surface area contributed by atoms with Gasteiger partial charge in [-0.2, -0.15) is 0 Å². The molecule has 1 heterocycles. The van der Waals surface area contributed by atoms with Gasteiger partial charge in [-0.05, 0) is 70.1 Å². The quantitative estimate of drug-likeness (QED) is 0.283. The first kappa shape index (κ1) is 19.3. The number of anilines is 3. The van der Waals surface area contributed by atoms with E-state index in [1.165, 1.54) is 21.5 Å². The van der Waals surface area contributed by atoms with Crippen molar-refractivity contribution in [1.82, 2.24) is 4.98 Å². The molecule has 2 heteroatoms. The van der Waals surface area contributed by atoms with Crippen LogP contribution in [-0.2, 0) is 0 Å². The Balaban J connectivity index is 1.55. The Morgan fingerprint density at radius 1 is 0.424 bits per heavy atom. The van der Waals surface area contributed by atoms with Crippen LogP contribution >= 0.6 is 0 Å². The van der Waals surface area contributed by atoms with Gasteiger partial charge < -0.3 is 4.90 Å². The van der Waals surface area contributed by atoms with Crippen molar-refractivity contribution in [2.24, 2.45) is 0 Å². The molecule has 0 aliphatic carbocycles. The third kappa shape index (κ3) is 3.72. The zero-order valence-corrected chi connectivity index (χ0v) is 18.1. The van der Waals surface area contributed by atoms with Gasteiger partial charge in [-0.3, -0.25) is 4.98 Å². The van der Waals surface area contributed by atoms with Crippen molar-refractivity contribution in [3.8, 4) is 11.3 Å². The lowest BCUT2D eigenvalue weighted by Crippen LogP contribution is -2.10. The summed E-state index contributed by atoms with van der Waals surface area (Å²) in [5, 5.41) is 4.92. The van der Waals surface area contributed by atoms with Crippen molar-refractivity contribution in [2.75, 3.05) is 4.90 Å². The van der Waals surface area contributed by atoms with Crippen LogP contribution in [0.5, 0.6) is 0 Å². The van der Waals surface area contributed by atoms with Crippen molar-refractivity contribution < 1.29 is 0 Å². The van der Waals surface area contributed by atoms with Crippen LogP contribution in [0.25, 0.3) is 32.8 Å². The minimum Gasteiger partial charge on any atom is -0.310 e. The van der Waals surface area contributed by atoms with Crippen molar-refractivity contribution >= 4 is 38.6 Å². The van der Waals surface area contributed by atoms with Crippen molar-refractivity contribution in [3.63, 3.8) is 0 Å². The predicted molar refractivity (Wildman–Crippen MR) is 139 cm³/mol. The summed E-state index contributed by atoms with van der Waals surface area (Å²) in [6.45, 7) is 0. The van der Waals surface area contributed by atoms with E-state index in [2.05, 4.69) is 125 Å². The molecule has 1 aromatic heterocycles. The average Bonchev–Trinajstić information content (AvgIpc) is 2.89. The number of fused-ring (bicyclic) bond motifs is 2. The second-order valence-electron chi connectivity index (χ2n) is 8.16. The fourth-order valence-corrected chi connectivity index (χ4v) is 4.42. The molecule has 0 fully saturated rings. The Bertz CT molecular complexity index is 1490. The number of benzene rings is 5. The molecule has 0 aliphatic heterocycles. The van der Waals surface area contributed by atoms with E-state index in [1.54, 1.807) is 0 Å². The minimum atomic E-state index is 0.969. The highest BCUT2D eigenvalue weighted by atomic mass is 15.1. The molecule has 0 aliphatic rings. The van der Waals surface area contributed by atoms with Gasteiger partial charge in [0.1, 0.15) is 0 Å². The first-order valence-corrected chi connectivity index (χ1v) is 11.1. The third-order valence-electron chi connectivity index (χ3n) is 6.05. The number of hydrogen-bond acceptors (Lipinski definition) is 2. The highest BCUT2D eigenvalue weighted by molar-refractivity contribution is 5.92. The molecule has 6 rings (SSSR count). The van der Waals surface area contributed by atoms with Gasteiger partial charge in [-0.1, -0.05) is 78.9 Å². The summed E-state index contributed by atoms with van der Waals surface area (Å²) in [5.74, 6) is 0. The third-order valence-corrected chi connectivity index (χ3v) is 6.05. The lowest BCUT2D eigenvalue weighted by Gasteiger charge is -2.26. The Morgan fingerprint density at radius 3 is 1.61 bits per heavy atom. The highest BCUT2D eigenvalue weighted by Crippen LogP contribution is 2.38. The zero-order valence-electron chi connectivity index (χ0n) is 18.1. The molecule has 6 aromatic rings. The standard InChI is InChI=1S/C31H22N2/c1-3-10-25-20-29(17-15-23(25)8-1)33(30-18-16-24-9-2-4-11-26(24)21-30)28-13-7-12-27(22-28)31-14-5-6-19-32-31/h1-22H. The fraction of sp³-hybridized carbons (Fsp3) is 0. The maximum Gasteiger partial charge on any atom is 0.0702 e. The van der Waals surface area contributed by atoms with Crippen molar-refractivity contribution in [2.45, 2.75) is 0 Å². The van der Waals surface area contributed by atoms with Gasteiger partial charge in [0.05, 0.1) is 5.69 Å². The lowest BCUT2D eigenvalue weighted by molar-refractivity contribution is 1.28. The molecule has 0 N–H and O–H groups in total. The topological polar surface area (TPSA) is 16.1 Å². The van der Waals surface area contributed by atoms with Gasteiger partial charge >= 0.3 is 0 Å². The molecule has 156 valence electrons. The predicted octanol–water partition coefficient (Wildman–Crippen LogP) is 8.52. The molecule has 0 bridgehead atoms. The smallest absolute Gasteiger partial charge is 0.0702 e. The molecular weight excluding hydrogens is 400 g/mol. The minimum absolute atomic E-state index is 0.969.